The van der Waals surface area contributed by atoms with Crippen molar-refractivity contribution in [1.82, 2.24) is 0 Å². The number of aliphatic hydroxyl groups excluding tert-OH is 2. The van der Waals surface area contributed by atoms with Crippen LogP contribution in [0, 0.1) is 0 Å². The molecule has 7 nitrogen and oxygen atoms in total. The summed E-state index contributed by atoms with van der Waals surface area (Å²) in [5, 5.41) is 30.0. The van der Waals surface area contributed by atoms with E-state index < -0.39 is 30.1 Å². The molecule has 0 aliphatic carbocycles. The quantitative estimate of drug-likeness (QED) is 0.650. The van der Waals surface area contributed by atoms with Crippen molar-refractivity contribution in [3.8, 4) is 11.5 Å². The molecule has 0 saturated carbocycles. The fourth-order valence-corrected chi connectivity index (χ4v) is 2.51. The Hall–Kier alpha value is -2.64. The Morgan fingerprint density at radius 3 is 2.50 bits per heavy atom. The maximum Gasteiger partial charge on any atom is 0.342 e. The maximum atomic E-state index is 12.4. The molecule has 1 heterocycles. The van der Waals surface area contributed by atoms with Crippen LogP contribution in [0.25, 0.3) is 6.08 Å². The predicted octanol–water partition coefficient (Wildman–Crippen LogP) is 1.60. The van der Waals surface area contributed by atoms with Crippen LogP contribution in [-0.2, 0) is 9.53 Å². The van der Waals surface area contributed by atoms with Gasteiger partial charge in [-0.2, -0.15) is 0 Å². The molecular weight excluding hydrogens is 340 g/mol. The van der Waals surface area contributed by atoms with E-state index >= 15 is 0 Å². The van der Waals surface area contributed by atoms with Gasteiger partial charge in [-0.1, -0.05) is 18.2 Å². The number of ether oxygens (including phenoxy) is 2. The van der Waals surface area contributed by atoms with Gasteiger partial charge in [0.05, 0.1) is 13.2 Å². The van der Waals surface area contributed by atoms with Crippen molar-refractivity contribution in [2.45, 2.75) is 38.1 Å². The van der Waals surface area contributed by atoms with Crippen LogP contribution < -0.4 is 4.74 Å². The Kier molecular flexibility index (Phi) is 6.54. The SMILES string of the molecule is COc1cc(O)c2c(c1)/C=C/C[C@H](O)[C@H](O)C(=O)/C=C/C[C@@H](C)OC2=O. The zero-order valence-electron chi connectivity index (χ0n) is 14.6. The van der Waals surface area contributed by atoms with E-state index in [1.165, 1.54) is 37.5 Å². The number of aromatic hydroxyl groups is 1. The first kappa shape index (κ1) is 19.7. The predicted molar refractivity (Wildman–Crippen MR) is 94.0 cm³/mol. The first-order valence-corrected chi connectivity index (χ1v) is 8.18. The van der Waals surface area contributed by atoms with Crippen molar-refractivity contribution in [1.29, 1.82) is 0 Å². The van der Waals surface area contributed by atoms with Crippen molar-refractivity contribution in [2.75, 3.05) is 7.11 Å². The summed E-state index contributed by atoms with van der Waals surface area (Å²) in [5.41, 5.74) is 0.306. The summed E-state index contributed by atoms with van der Waals surface area (Å²) in [5.74, 6) is -1.29. The first-order chi connectivity index (χ1) is 12.3. The number of aliphatic hydroxyl groups is 2. The highest BCUT2D eigenvalue weighted by Crippen LogP contribution is 2.30. The van der Waals surface area contributed by atoms with Crippen LogP contribution in [0.5, 0.6) is 11.5 Å². The minimum Gasteiger partial charge on any atom is -0.507 e. The number of phenolic OH excluding ortho intramolecular Hbond substituents is 1. The van der Waals surface area contributed by atoms with Crippen LogP contribution in [0.1, 0.15) is 35.7 Å². The lowest BCUT2D eigenvalue weighted by Gasteiger charge is -2.16. The molecule has 1 aliphatic heterocycles. The number of hydrogen-bond acceptors (Lipinski definition) is 7. The van der Waals surface area contributed by atoms with Gasteiger partial charge >= 0.3 is 5.97 Å². The largest absolute Gasteiger partial charge is 0.507 e. The Bertz CT molecular complexity index is 736. The molecule has 0 radical (unpaired) electrons. The lowest BCUT2D eigenvalue weighted by atomic mass is 10.0. The average molecular weight is 362 g/mol. The Balaban J connectivity index is 2.45. The molecule has 0 aromatic heterocycles. The van der Waals surface area contributed by atoms with Crippen LogP contribution in [-0.4, -0.2) is 52.5 Å². The smallest absolute Gasteiger partial charge is 0.342 e. The summed E-state index contributed by atoms with van der Waals surface area (Å²) < 4.78 is 10.4. The number of cyclic esters (lactones) is 1. The second-order valence-corrected chi connectivity index (χ2v) is 6.02. The molecule has 1 aliphatic rings. The number of benzene rings is 1. The number of hydrogen-bond donors (Lipinski definition) is 3. The molecule has 2 rings (SSSR count). The zero-order valence-corrected chi connectivity index (χ0v) is 14.6. The lowest BCUT2D eigenvalue weighted by Crippen LogP contribution is -2.32. The third kappa shape index (κ3) is 4.71. The van der Waals surface area contributed by atoms with Crippen LogP contribution in [0.2, 0.25) is 0 Å². The molecule has 1 aromatic carbocycles. The number of rotatable bonds is 1. The fraction of sp³-hybridized carbons (Fsp3) is 0.368. The van der Waals surface area contributed by atoms with E-state index in [9.17, 15) is 24.9 Å². The third-order valence-corrected chi connectivity index (χ3v) is 3.95. The van der Waals surface area contributed by atoms with Gasteiger partial charge in [-0.25, -0.2) is 4.79 Å². The average Bonchev–Trinajstić information content (AvgIpc) is 2.59. The van der Waals surface area contributed by atoms with E-state index in [0.29, 0.717) is 11.3 Å². The molecule has 0 unspecified atom stereocenters. The second-order valence-electron chi connectivity index (χ2n) is 6.02. The highest BCUT2D eigenvalue weighted by molar-refractivity contribution is 5.97. The minimum absolute atomic E-state index is 0.0242. The summed E-state index contributed by atoms with van der Waals surface area (Å²) in [4.78, 5) is 24.3. The van der Waals surface area contributed by atoms with E-state index in [-0.39, 0.29) is 24.2 Å². The van der Waals surface area contributed by atoms with Crippen molar-refractivity contribution in [3.05, 3.63) is 41.5 Å². The monoisotopic (exact) mass is 362 g/mol. The number of carbonyl (C=O) groups excluding carboxylic acids is 2. The zero-order chi connectivity index (χ0) is 19.3. The Morgan fingerprint density at radius 2 is 1.81 bits per heavy atom. The fourth-order valence-electron chi connectivity index (χ4n) is 2.51. The van der Waals surface area contributed by atoms with Crippen molar-refractivity contribution >= 4 is 17.8 Å². The summed E-state index contributed by atoms with van der Waals surface area (Å²) in [6, 6.07) is 2.84. The molecule has 3 atom stereocenters. The van der Waals surface area contributed by atoms with E-state index in [2.05, 4.69) is 0 Å². The van der Waals surface area contributed by atoms with E-state index in [1.807, 2.05) is 0 Å². The maximum absolute atomic E-state index is 12.4. The summed E-state index contributed by atoms with van der Waals surface area (Å²) in [6.45, 7) is 1.64. The lowest BCUT2D eigenvalue weighted by molar-refractivity contribution is -0.127. The standard InChI is InChI=1S/C19H22O7/c1-11-5-3-7-14(20)18(23)15(21)8-4-6-12-9-13(25-2)10-16(22)17(12)19(24)26-11/h3-4,6-7,9-11,15,18,21-23H,5,8H2,1-2H3/b6-4+,7-3+/t11-,15+,18-/m1/s1. The van der Waals surface area contributed by atoms with Gasteiger partial charge in [0.15, 0.2) is 5.78 Å². The number of esters is 1. The van der Waals surface area contributed by atoms with E-state index in [1.54, 1.807) is 6.92 Å². The molecule has 7 heteroatoms. The van der Waals surface area contributed by atoms with Gasteiger partial charge in [0.25, 0.3) is 0 Å². The van der Waals surface area contributed by atoms with Gasteiger partial charge in [0.2, 0.25) is 0 Å². The molecule has 1 aromatic rings. The molecule has 0 fully saturated rings. The van der Waals surface area contributed by atoms with Crippen LogP contribution >= 0.6 is 0 Å². The van der Waals surface area contributed by atoms with Gasteiger partial charge in [-0.15, -0.1) is 0 Å². The van der Waals surface area contributed by atoms with E-state index in [4.69, 9.17) is 9.47 Å². The summed E-state index contributed by atoms with van der Waals surface area (Å²) in [6.07, 6.45) is 2.42. The van der Waals surface area contributed by atoms with Gasteiger partial charge in [0.1, 0.15) is 29.3 Å². The van der Waals surface area contributed by atoms with Gasteiger partial charge < -0.3 is 24.8 Å². The van der Waals surface area contributed by atoms with Crippen molar-refractivity contribution in [2.24, 2.45) is 0 Å². The number of carbonyl (C=O) groups is 2. The van der Waals surface area contributed by atoms with Crippen LogP contribution in [0.4, 0.5) is 0 Å². The molecule has 0 bridgehead atoms. The van der Waals surface area contributed by atoms with Gasteiger partial charge in [-0.3, -0.25) is 4.79 Å². The molecule has 140 valence electrons. The third-order valence-electron chi connectivity index (χ3n) is 3.95. The summed E-state index contributed by atoms with van der Waals surface area (Å²) in [7, 11) is 1.42. The number of methoxy groups -OCH3 is 1. The molecular formula is C19H22O7. The normalized spacial score (nSPS) is 27.0. The van der Waals surface area contributed by atoms with Gasteiger partial charge in [-0.05, 0) is 31.1 Å². The highest BCUT2D eigenvalue weighted by Gasteiger charge is 2.23. The first-order valence-electron chi connectivity index (χ1n) is 8.18. The number of phenols is 1. The Labute approximate surface area is 151 Å². The van der Waals surface area contributed by atoms with Crippen molar-refractivity contribution < 1.29 is 34.4 Å². The molecule has 26 heavy (non-hydrogen) atoms. The van der Waals surface area contributed by atoms with Gasteiger partial charge in [0, 0.05) is 12.5 Å². The van der Waals surface area contributed by atoms with E-state index in [0.717, 1.165) is 6.08 Å². The number of ketones is 1. The van der Waals surface area contributed by atoms with Crippen LogP contribution in [0.15, 0.2) is 30.4 Å². The van der Waals surface area contributed by atoms with Crippen LogP contribution in [0.3, 0.4) is 0 Å². The second kappa shape index (κ2) is 8.64. The topological polar surface area (TPSA) is 113 Å². The minimum atomic E-state index is -1.55. The summed E-state index contributed by atoms with van der Waals surface area (Å²) >= 11 is 0. The van der Waals surface area contributed by atoms with Crippen molar-refractivity contribution in [3.63, 3.8) is 0 Å². The number of fused-ring (bicyclic) bond motifs is 1. The molecule has 0 saturated heterocycles. The molecule has 0 amide bonds. The molecule has 0 spiro atoms. The highest BCUT2D eigenvalue weighted by atomic mass is 16.5. The Morgan fingerprint density at radius 1 is 1.12 bits per heavy atom. The molecule has 3 N–H and O–H groups in total.